The minimum atomic E-state index is -2.08. The zero-order valence-electron chi connectivity index (χ0n) is 29.3. The van der Waals surface area contributed by atoms with Gasteiger partial charge in [0.2, 0.25) is 6.16 Å². The molecule has 0 heterocycles. The van der Waals surface area contributed by atoms with Crippen molar-refractivity contribution in [2.24, 2.45) is 0 Å². The van der Waals surface area contributed by atoms with Crippen LogP contribution in [-0.4, -0.2) is 33.8 Å². The van der Waals surface area contributed by atoms with Gasteiger partial charge in [0.15, 0.2) is 0 Å². The van der Waals surface area contributed by atoms with Crippen molar-refractivity contribution in [2.45, 2.75) is 32.6 Å². The summed E-state index contributed by atoms with van der Waals surface area (Å²) in [6.07, 6.45) is 2.57. The Balaban J connectivity index is 0.000000238. The average molecular weight is 733 g/mol. The van der Waals surface area contributed by atoms with Crippen LogP contribution in [0, 0.1) is 0 Å². The van der Waals surface area contributed by atoms with Crippen LogP contribution in [0.5, 0.6) is 0 Å². The third-order valence-electron chi connectivity index (χ3n) is 7.98. The molecule has 0 aliphatic carbocycles. The number of benzene rings is 6. The lowest BCUT2D eigenvalue weighted by molar-refractivity contribution is -0.275. The second-order valence-electron chi connectivity index (χ2n) is 11.5. The Morgan fingerprint density at radius 2 is 0.731 bits per heavy atom. The topological polar surface area (TPSA) is 118 Å². The van der Waals surface area contributed by atoms with Gasteiger partial charge in [-0.05, 0) is 73.1 Å². The lowest BCUT2D eigenvalue weighted by atomic mass is 10.2. The van der Waals surface area contributed by atoms with Gasteiger partial charge in [-0.2, -0.15) is 0 Å². The second-order valence-corrected chi connectivity index (χ2v) is 17.3. The number of unbranched alkanes of at least 4 members (excludes halogenated alkanes) is 3. The third kappa shape index (κ3) is 13.5. The fourth-order valence-electron chi connectivity index (χ4n) is 5.84. The number of rotatable bonds is 11. The summed E-state index contributed by atoms with van der Waals surface area (Å²) in [5, 5.41) is 38.0. The van der Waals surface area contributed by atoms with Crippen LogP contribution in [0.2, 0.25) is 0 Å². The van der Waals surface area contributed by atoms with E-state index in [1.807, 2.05) is 0 Å². The third-order valence-corrected chi connectivity index (χ3v) is 15.0. The summed E-state index contributed by atoms with van der Waals surface area (Å²) in [4.78, 5) is 17.0. The van der Waals surface area contributed by atoms with Crippen LogP contribution < -0.4 is 36.9 Å². The number of carboxylic acid groups (broad SMARTS) is 4. The zero-order chi connectivity index (χ0) is 37.4. The Bertz CT molecular complexity index is 1620. The molecule has 0 radical (unpaired) electrons. The van der Waals surface area contributed by atoms with Crippen LogP contribution in [0.15, 0.2) is 182 Å². The minimum absolute atomic E-state index is 0.446. The molecule has 6 rings (SSSR count). The molecule has 0 aliphatic heterocycles. The van der Waals surface area contributed by atoms with Gasteiger partial charge in [0, 0.05) is 0 Å². The Hall–Kier alpha value is -5.28. The van der Waals surface area contributed by atoms with E-state index < -0.39 is 27.5 Å². The van der Waals surface area contributed by atoms with Gasteiger partial charge >= 0.3 is 6.16 Å². The lowest BCUT2D eigenvalue weighted by Crippen LogP contribution is -2.33. The van der Waals surface area contributed by atoms with Gasteiger partial charge < -0.3 is 25.2 Å². The molecule has 0 amide bonds. The molecule has 3 N–H and O–H groups in total. The molecule has 6 aromatic rings. The van der Waals surface area contributed by atoms with Gasteiger partial charge in [-0.3, -0.25) is 0 Å². The van der Waals surface area contributed by atoms with E-state index in [9.17, 15) is 0 Å². The van der Waals surface area contributed by atoms with Crippen LogP contribution in [0.4, 0.5) is 9.59 Å². The summed E-state index contributed by atoms with van der Waals surface area (Å²) in [7, 11) is -2.04. The predicted molar refractivity (Wildman–Crippen MR) is 218 cm³/mol. The molecule has 0 atom stereocenters. The molecule has 0 spiro atoms. The highest BCUT2D eigenvalue weighted by molar-refractivity contribution is 7.95. The van der Waals surface area contributed by atoms with E-state index in [-0.39, 0.29) is 0 Å². The monoisotopic (exact) mass is 732 g/mol. The van der Waals surface area contributed by atoms with Crippen LogP contribution in [-0.2, 0) is 0 Å². The fourth-order valence-corrected chi connectivity index (χ4v) is 12.6. The first-order chi connectivity index (χ1) is 25.3. The normalized spacial score (nSPS) is 10.3. The zero-order valence-corrected chi connectivity index (χ0v) is 31.1. The summed E-state index contributed by atoms with van der Waals surface area (Å²) in [5.74, 6) is 0. The highest BCUT2D eigenvalue weighted by atomic mass is 31.2. The van der Waals surface area contributed by atoms with Crippen molar-refractivity contribution in [3.8, 4) is 0 Å². The second kappa shape index (κ2) is 23.2. The number of hydrogen-bond donors (Lipinski definition) is 3. The first-order valence-corrected chi connectivity index (χ1v) is 20.4. The SMILES string of the molecule is CCCCCC[P+](c1ccccc1)(c1ccccc1)c1ccccc1.O=C(O)O.O=C([O-])O.c1ccc(P(c2ccccc2)c2ccccc2)cc1. The van der Waals surface area contributed by atoms with E-state index in [1.165, 1.54) is 63.7 Å². The summed E-state index contributed by atoms with van der Waals surface area (Å²) >= 11 is 0. The smallest absolute Gasteiger partial charge is 0.503 e. The maximum absolute atomic E-state index is 8.56. The van der Waals surface area contributed by atoms with Gasteiger partial charge in [0.25, 0.3) is 0 Å². The van der Waals surface area contributed by atoms with Gasteiger partial charge in [-0.15, -0.1) is 0 Å². The molecular weight excluding hydrogens is 686 g/mol. The largest absolute Gasteiger partial charge is 0.565 e. The highest BCUT2D eigenvalue weighted by Gasteiger charge is 2.44. The predicted octanol–water partition coefficient (Wildman–Crippen LogP) is 8.12. The molecule has 0 saturated heterocycles. The van der Waals surface area contributed by atoms with Crippen molar-refractivity contribution in [3.63, 3.8) is 0 Å². The lowest BCUT2D eigenvalue weighted by Gasteiger charge is -2.27. The maximum atomic E-state index is 8.56. The standard InChI is InChI=1S/C24H28P.C18H15P.2CH2O3/c1-2-3-4-14-21-25(22-15-8-5-9-16-22,23-17-10-6-11-18-23)24-19-12-7-13-20-24;1-4-10-16(11-5-1)19(17-12-6-2-7-13-17)18-14-8-3-9-15-18;2*2-1(3)4/h5-13,15-20H,2-4,14,21H2,1H3;1-15H;2*(H2,2,3,4)/q+1;;;/p-1. The van der Waals surface area contributed by atoms with Crippen molar-refractivity contribution >= 4 is 59.3 Å². The van der Waals surface area contributed by atoms with Crippen molar-refractivity contribution in [3.05, 3.63) is 182 Å². The van der Waals surface area contributed by atoms with Gasteiger partial charge in [-0.1, -0.05) is 165 Å². The van der Waals surface area contributed by atoms with Gasteiger partial charge in [0.05, 0.1) is 6.16 Å². The summed E-state index contributed by atoms with van der Waals surface area (Å²) in [6.45, 7) is 2.29. The van der Waals surface area contributed by atoms with Crippen molar-refractivity contribution in [1.82, 2.24) is 0 Å². The minimum Gasteiger partial charge on any atom is -0.565 e. The molecule has 8 heteroatoms. The first kappa shape index (κ1) is 41.1. The van der Waals surface area contributed by atoms with Crippen LogP contribution in [0.25, 0.3) is 0 Å². The molecule has 0 aromatic heterocycles. The van der Waals surface area contributed by atoms with E-state index >= 15 is 0 Å². The Morgan fingerprint density at radius 3 is 0.981 bits per heavy atom. The van der Waals surface area contributed by atoms with Crippen molar-refractivity contribution in [1.29, 1.82) is 0 Å². The number of carbonyl (C=O) groups is 2. The molecule has 6 aromatic carbocycles. The first-order valence-electron chi connectivity index (χ1n) is 17.1. The van der Waals surface area contributed by atoms with E-state index in [1.54, 1.807) is 0 Å². The molecule has 6 nitrogen and oxygen atoms in total. The van der Waals surface area contributed by atoms with Gasteiger partial charge in [-0.25, -0.2) is 4.79 Å². The fraction of sp³-hybridized carbons (Fsp3) is 0.136. The quantitative estimate of drug-likeness (QED) is 0.0916. The molecule has 0 fully saturated rings. The Morgan fingerprint density at radius 1 is 0.481 bits per heavy atom. The molecule has 0 bridgehead atoms. The summed E-state index contributed by atoms with van der Waals surface area (Å²) in [6, 6.07) is 65.9. The number of hydrogen-bond acceptors (Lipinski definition) is 3. The van der Waals surface area contributed by atoms with E-state index in [4.69, 9.17) is 30.0 Å². The maximum Gasteiger partial charge on any atom is 0.503 e. The highest BCUT2D eigenvalue weighted by Crippen LogP contribution is 2.56. The van der Waals surface area contributed by atoms with E-state index in [0.29, 0.717) is 0 Å². The molecule has 0 aliphatic rings. The molecule has 0 saturated carbocycles. The van der Waals surface area contributed by atoms with Crippen molar-refractivity contribution in [2.75, 3.05) is 6.16 Å². The molecule has 52 heavy (non-hydrogen) atoms. The van der Waals surface area contributed by atoms with E-state index in [2.05, 4.69) is 189 Å². The van der Waals surface area contributed by atoms with Crippen LogP contribution in [0.3, 0.4) is 0 Å². The van der Waals surface area contributed by atoms with E-state index in [0.717, 1.165) is 0 Å². The molecular formula is C44H46O6P2. The molecule has 0 unspecified atom stereocenters. The molecule has 268 valence electrons. The van der Waals surface area contributed by atoms with Gasteiger partial charge in [0.1, 0.15) is 23.2 Å². The summed E-state index contributed by atoms with van der Waals surface area (Å²) < 4.78 is 0. The van der Waals surface area contributed by atoms with Crippen LogP contribution in [0.1, 0.15) is 32.6 Å². The Kier molecular flexibility index (Phi) is 18.4. The Labute approximate surface area is 309 Å². The van der Waals surface area contributed by atoms with Crippen molar-refractivity contribution < 1.29 is 30.0 Å². The summed E-state index contributed by atoms with van der Waals surface area (Å²) in [5.41, 5.74) is 0. The van der Waals surface area contributed by atoms with Crippen LogP contribution >= 0.6 is 15.2 Å². The average Bonchev–Trinajstić information content (AvgIpc) is 3.17.